The standard InChI is InChI=1S/C25H29Cl2N3/c1-29(2)13-6-14-30-25(20-9-4-11-22(27)17-20)23-12-5-8-19(24(23)28-30)15-18-7-3-10-21(26)16-18/h3-4,7,9-11,15-17,23,25H,5-6,8,12-14H2,1-2H3. The number of rotatable bonds is 6. The number of benzene rings is 2. The molecular formula is C25H29Cl2N3. The second kappa shape index (κ2) is 9.55. The van der Waals surface area contributed by atoms with E-state index in [1.165, 1.54) is 23.3 Å². The van der Waals surface area contributed by atoms with Gasteiger partial charge in [-0.3, -0.25) is 5.01 Å². The Morgan fingerprint density at radius 2 is 1.87 bits per heavy atom. The number of allylic oxidation sites excluding steroid dienone is 1. The second-order valence-electron chi connectivity index (χ2n) is 8.53. The van der Waals surface area contributed by atoms with Crippen molar-refractivity contribution in [2.75, 3.05) is 27.2 Å². The third-order valence-corrected chi connectivity index (χ3v) is 6.42. The maximum absolute atomic E-state index is 6.36. The van der Waals surface area contributed by atoms with Crippen LogP contribution in [0.5, 0.6) is 0 Å². The molecule has 30 heavy (non-hydrogen) atoms. The van der Waals surface area contributed by atoms with Gasteiger partial charge in [-0.15, -0.1) is 0 Å². The van der Waals surface area contributed by atoms with Crippen LogP contribution in [0.3, 0.4) is 0 Å². The van der Waals surface area contributed by atoms with E-state index in [2.05, 4.69) is 54.3 Å². The Labute approximate surface area is 190 Å². The van der Waals surface area contributed by atoms with Crippen LogP contribution in [0.4, 0.5) is 0 Å². The molecule has 4 rings (SSSR count). The first-order valence-corrected chi connectivity index (χ1v) is 11.5. The number of fused-ring (bicyclic) bond motifs is 1. The number of hydrazone groups is 1. The molecule has 0 bridgehead atoms. The molecule has 2 aromatic rings. The van der Waals surface area contributed by atoms with Crippen LogP contribution in [-0.4, -0.2) is 42.8 Å². The van der Waals surface area contributed by atoms with Crippen molar-refractivity contribution in [2.24, 2.45) is 11.0 Å². The van der Waals surface area contributed by atoms with Crippen molar-refractivity contribution in [3.63, 3.8) is 0 Å². The highest BCUT2D eigenvalue weighted by Gasteiger charge is 2.41. The summed E-state index contributed by atoms with van der Waals surface area (Å²) in [6.07, 6.45) is 6.76. The van der Waals surface area contributed by atoms with E-state index in [0.29, 0.717) is 5.92 Å². The third-order valence-electron chi connectivity index (χ3n) is 5.95. The summed E-state index contributed by atoms with van der Waals surface area (Å²) < 4.78 is 0. The maximum Gasteiger partial charge on any atom is 0.0804 e. The molecular weight excluding hydrogens is 413 g/mol. The molecule has 0 amide bonds. The van der Waals surface area contributed by atoms with E-state index in [-0.39, 0.29) is 6.04 Å². The van der Waals surface area contributed by atoms with Gasteiger partial charge in [-0.25, -0.2) is 0 Å². The van der Waals surface area contributed by atoms with Crippen LogP contribution in [0.2, 0.25) is 10.0 Å². The minimum atomic E-state index is 0.254. The molecule has 2 aromatic carbocycles. The zero-order valence-electron chi connectivity index (χ0n) is 17.7. The van der Waals surface area contributed by atoms with Gasteiger partial charge in [0, 0.05) is 22.5 Å². The molecule has 1 aliphatic carbocycles. The van der Waals surface area contributed by atoms with Gasteiger partial charge in [-0.05, 0) is 93.4 Å². The fourth-order valence-corrected chi connectivity index (χ4v) is 5.04. The van der Waals surface area contributed by atoms with Gasteiger partial charge in [0.15, 0.2) is 0 Å². The van der Waals surface area contributed by atoms with Crippen molar-refractivity contribution in [3.05, 3.63) is 75.3 Å². The zero-order valence-corrected chi connectivity index (χ0v) is 19.2. The lowest BCUT2D eigenvalue weighted by atomic mass is 9.77. The Balaban J connectivity index is 1.66. The van der Waals surface area contributed by atoms with Crippen LogP contribution in [0.1, 0.15) is 42.9 Å². The first-order chi connectivity index (χ1) is 14.5. The summed E-state index contributed by atoms with van der Waals surface area (Å²) in [7, 11) is 4.24. The Bertz CT molecular complexity index is 951. The van der Waals surface area contributed by atoms with Crippen molar-refractivity contribution in [1.29, 1.82) is 0 Å². The summed E-state index contributed by atoms with van der Waals surface area (Å²) in [6, 6.07) is 16.6. The smallest absolute Gasteiger partial charge is 0.0804 e. The van der Waals surface area contributed by atoms with Crippen LogP contribution in [0, 0.1) is 5.92 Å². The fourth-order valence-electron chi connectivity index (χ4n) is 4.65. The van der Waals surface area contributed by atoms with Gasteiger partial charge < -0.3 is 4.90 Å². The number of nitrogens with zero attached hydrogens (tertiary/aromatic N) is 3. The van der Waals surface area contributed by atoms with E-state index in [9.17, 15) is 0 Å². The van der Waals surface area contributed by atoms with Crippen LogP contribution >= 0.6 is 23.2 Å². The molecule has 5 heteroatoms. The molecule has 1 heterocycles. The summed E-state index contributed by atoms with van der Waals surface area (Å²) in [5.41, 5.74) is 5.00. The highest BCUT2D eigenvalue weighted by atomic mass is 35.5. The second-order valence-corrected chi connectivity index (χ2v) is 9.40. The van der Waals surface area contributed by atoms with Crippen molar-refractivity contribution < 1.29 is 0 Å². The Kier molecular flexibility index (Phi) is 6.82. The van der Waals surface area contributed by atoms with Gasteiger partial charge in [-0.2, -0.15) is 5.10 Å². The van der Waals surface area contributed by atoms with Crippen LogP contribution in [0.25, 0.3) is 6.08 Å². The van der Waals surface area contributed by atoms with E-state index in [1.807, 2.05) is 24.3 Å². The van der Waals surface area contributed by atoms with Crippen LogP contribution < -0.4 is 0 Å². The van der Waals surface area contributed by atoms with Crippen LogP contribution in [-0.2, 0) is 0 Å². The topological polar surface area (TPSA) is 18.8 Å². The van der Waals surface area contributed by atoms with E-state index >= 15 is 0 Å². The van der Waals surface area contributed by atoms with E-state index < -0.39 is 0 Å². The largest absolute Gasteiger partial charge is 0.309 e. The minimum Gasteiger partial charge on any atom is -0.309 e. The average molecular weight is 442 g/mol. The third kappa shape index (κ3) is 4.91. The Hall–Kier alpha value is -1.81. The lowest BCUT2D eigenvalue weighted by molar-refractivity contribution is 0.187. The van der Waals surface area contributed by atoms with Gasteiger partial charge >= 0.3 is 0 Å². The first kappa shape index (κ1) is 21.4. The Morgan fingerprint density at radius 1 is 1.10 bits per heavy atom. The summed E-state index contributed by atoms with van der Waals surface area (Å²) in [6.45, 7) is 2.00. The molecule has 1 saturated carbocycles. The first-order valence-electron chi connectivity index (χ1n) is 10.7. The summed E-state index contributed by atoms with van der Waals surface area (Å²) in [5.74, 6) is 0.405. The molecule has 3 nitrogen and oxygen atoms in total. The van der Waals surface area contributed by atoms with Crippen molar-refractivity contribution >= 4 is 35.0 Å². The molecule has 0 aromatic heterocycles. The lowest BCUT2D eigenvalue weighted by Crippen LogP contribution is -2.29. The summed E-state index contributed by atoms with van der Waals surface area (Å²) in [5, 5.41) is 9.06. The number of hydrogen-bond donors (Lipinski definition) is 0. The number of hydrogen-bond acceptors (Lipinski definition) is 3. The van der Waals surface area contributed by atoms with Crippen LogP contribution in [0.15, 0.2) is 59.2 Å². The molecule has 158 valence electrons. The van der Waals surface area contributed by atoms with Gasteiger partial charge in [0.25, 0.3) is 0 Å². The highest BCUT2D eigenvalue weighted by Crippen LogP contribution is 2.44. The van der Waals surface area contributed by atoms with E-state index in [4.69, 9.17) is 28.3 Å². The predicted octanol–water partition coefficient (Wildman–Crippen LogP) is 6.54. The molecule has 1 aliphatic heterocycles. The highest BCUT2D eigenvalue weighted by molar-refractivity contribution is 6.31. The average Bonchev–Trinajstić information content (AvgIpc) is 3.07. The molecule has 2 atom stereocenters. The SMILES string of the molecule is CN(C)CCCN1N=C2C(=Cc3cccc(Cl)c3)CCCC2C1c1cccc(Cl)c1. The van der Waals surface area contributed by atoms with E-state index in [1.54, 1.807) is 0 Å². The summed E-state index contributed by atoms with van der Waals surface area (Å²) in [4.78, 5) is 2.23. The summed E-state index contributed by atoms with van der Waals surface area (Å²) >= 11 is 12.6. The van der Waals surface area contributed by atoms with Crippen molar-refractivity contribution in [1.82, 2.24) is 9.91 Å². The van der Waals surface area contributed by atoms with Gasteiger partial charge in [0.05, 0.1) is 11.8 Å². The molecule has 1 fully saturated rings. The van der Waals surface area contributed by atoms with Gasteiger partial charge in [-0.1, -0.05) is 47.5 Å². The minimum absolute atomic E-state index is 0.254. The molecule has 0 saturated heterocycles. The molecule has 0 radical (unpaired) electrons. The normalized spacial score (nSPS) is 22.5. The molecule has 2 aliphatic rings. The van der Waals surface area contributed by atoms with Crippen molar-refractivity contribution in [2.45, 2.75) is 31.7 Å². The molecule has 0 spiro atoms. The number of halogens is 2. The van der Waals surface area contributed by atoms with E-state index in [0.717, 1.165) is 48.0 Å². The molecule has 2 unspecified atom stereocenters. The monoisotopic (exact) mass is 441 g/mol. The predicted molar refractivity (Wildman–Crippen MR) is 128 cm³/mol. The zero-order chi connectivity index (χ0) is 21.1. The van der Waals surface area contributed by atoms with Gasteiger partial charge in [0.2, 0.25) is 0 Å². The maximum atomic E-state index is 6.36. The Morgan fingerprint density at radius 3 is 2.60 bits per heavy atom. The lowest BCUT2D eigenvalue weighted by Gasteiger charge is -2.31. The fraction of sp³-hybridized carbons (Fsp3) is 0.400. The van der Waals surface area contributed by atoms with Crippen molar-refractivity contribution in [3.8, 4) is 0 Å². The van der Waals surface area contributed by atoms with Gasteiger partial charge in [0.1, 0.15) is 0 Å². The molecule has 0 N–H and O–H groups in total. The quantitative estimate of drug-likeness (QED) is 0.506.